The molecular formula is C29H26FN5O3. The molecule has 6 rings (SSSR count). The van der Waals surface area contributed by atoms with Gasteiger partial charge in [-0.25, -0.2) is 14.2 Å². The molecule has 1 aromatic carbocycles. The first-order chi connectivity index (χ1) is 18.5. The molecule has 38 heavy (non-hydrogen) atoms. The highest BCUT2D eigenvalue weighted by molar-refractivity contribution is 6.01. The number of piperidine rings is 1. The van der Waals surface area contributed by atoms with Crippen molar-refractivity contribution in [2.45, 2.75) is 37.6 Å². The van der Waals surface area contributed by atoms with Crippen LogP contribution < -0.4 is 10.6 Å². The number of aliphatic hydroxyl groups is 1. The molecule has 192 valence electrons. The van der Waals surface area contributed by atoms with E-state index in [0.29, 0.717) is 42.8 Å². The molecule has 1 saturated heterocycles. The Morgan fingerprint density at radius 2 is 2.00 bits per heavy atom. The molecule has 1 fully saturated rings. The molecule has 1 aliphatic heterocycles. The number of aryl methyl sites for hydroxylation is 1. The number of anilines is 1. The third kappa shape index (κ3) is 4.27. The van der Waals surface area contributed by atoms with E-state index >= 15 is 0 Å². The molecule has 2 aliphatic rings. The Morgan fingerprint density at radius 3 is 2.82 bits per heavy atom. The van der Waals surface area contributed by atoms with Crippen molar-refractivity contribution in [3.05, 3.63) is 87.5 Å². The van der Waals surface area contributed by atoms with Crippen LogP contribution in [-0.2, 0) is 6.42 Å². The highest BCUT2D eigenvalue weighted by Crippen LogP contribution is 2.37. The summed E-state index contributed by atoms with van der Waals surface area (Å²) >= 11 is 0. The minimum atomic E-state index is -0.353. The fraction of sp³-hybridized carbons (Fsp3) is 0.310. The molecule has 9 heteroatoms. The first-order valence-electron chi connectivity index (χ1n) is 12.8. The van der Waals surface area contributed by atoms with Gasteiger partial charge in [-0.05, 0) is 67.1 Å². The van der Waals surface area contributed by atoms with Crippen molar-refractivity contribution in [2.75, 3.05) is 24.6 Å². The number of pyridine rings is 2. The molecule has 0 amide bonds. The smallest absolute Gasteiger partial charge is 0.327 e. The lowest BCUT2D eigenvalue weighted by Crippen LogP contribution is -2.37. The van der Waals surface area contributed by atoms with Crippen LogP contribution in [0, 0.1) is 17.7 Å². The summed E-state index contributed by atoms with van der Waals surface area (Å²) in [6, 6.07) is 10.1. The Kier molecular flexibility index (Phi) is 6.26. The second kappa shape index (κ2) is 9.88. The van der Waals surface area contributed by atoms with Crippen molar-refractivity contribution in [3.63, 3.8) is 0 Å². The summed E-state index contributed by atoms with van der Waals surface area (Å²) in [6.07, 6.45) is 5.98. The number of ketones is 1. The Bertz CT molecular complexity index is 1660. The predicted octanol–water partition coefficient (Wildman–Crippen LogP) is 3.36. The Balaban J connectivity index is 1.27. The molecule has 0 radical (unpaired) electrons. The first kappa shape index (κ1) is 24.1. The van der Waals surface area contributed by atoms with E-state index < -0.39 is 0 Å². The zero-order valence-corrected chi connectivity index (χ0v) is 20.7. The second-order valence-corrected chi connectivity index (χ2v) is 9.73. The number of aromatic nitrogens is 4. The van der Waals surface area contributed by atoms with E-state index in [1.54, 1.807) is 29.1 Å². The highest BCUT2D eigenvalue weighted by Gasteiger charge is 2.31. The lowest BCUT2D eigenvalue weighted by molar-refractivity contribution is 0.0954. The maximum Gasteiger partial charge on any atom is 0.327 e. The van der Waals surface area contributed by atoms with E-state index in [1.165, 1.54) is 12.1 Å². The van der Waals surface area contributed by atoms with E-state index in [2.05, 4.69) is 31.7 Å². The number of hydrogen-bond donors (Lipinski definition) is 2. The number of imidazole rings is 1. The van der Waals surface area contributed by atoms with Gasteiger partial charge in [-0.2, -0.15) is 0 Å². The van der Waals surface area contributed by atoms with Gasteiger partial charge >= 0.3 is 5.69 Å². The van der Waals surface area contributed by atoms with Crippen LogP contribution in [0.2, 0.25) is 0 Å². The molecule has 1 aliphatic carbocycles. The lowest BCUT2D eigenvalue weighted by atomic mass is 9.94. The van der Waals surface area contributed by atoms with Crippen LogP contribution in [0.1, 0.15) is 58.4 Å². The van der Waals surface area contributed by atoms with Crippen LogP contribution in [0.3, 0.4) is 0 Å². The maximum absolute atomic E-state index is 13.7. The number of fused-ring (bicyclic) bond motifs is 2. The van der Waals surface area contributed by atoms with Gasteiger partial charge in [0.1, 0.15) is 18.1 Å². The fourth-order valence-electron chi connectivity index (χ4n) is 5.80. The first-order valence-corrected chi connectivity index (χ1v) is 12.8. The minimum Gasteiger partial charge on any atom is -0.384 e. The summed E-state index contributed by atoms with van der Waals surface area (Å²) in [4.78, 5) is 39.9. The van der Waals surface area contributed by atoms with Crippen LogP contribution in [-0.4, -0.2) is 50.1 Å². The van der Waals surface area contributed by atoms with Gasteiger partial charge in [-0.3, -0.25) is 19.3 Å². The molecule has 1 unspecified atom stereocenters. The third-order valence-corrected chi connectivity index (χ3v) is 7.60. The standard InChI is InChI=1S/C29H26FN5O3/c30-20-6-8-22-18(15-20)5-7-23(22)27(37)24-16-26(19(17-32-24)3-2-14-36)34-12-9-21(10-13-34)35-25-4-1-11-31-28(25)33-29(35)38/h1,4,6,8,11,15-17,21,23,36H,5,7,9-10,12-14H2,(H,31,33,38). The average Bonchev–Trinajstić information content (AvgIpc) is 3.51. The van der Waals surface area contributed by atoms with Crippen molar-refractivity contribution in [1.82, 2.24) is 19.5 Å². The highest BCUT2D eigenvalue weighted by atomic mass is 19.1. The summed E-state index contributed by atoms with van der Waals surface area (Å²) in [7, 11) is 0. The molecule has 0 bridgehead atoms. The Morgan fingerprint density at radius 1 is 1.16 bits per heavy atom. The van der Waals surface area contributed by atoms with Crippen molar-refractivity contribution in [3.8, 4) is 11.8 Å². The van der Waals surface area contributed by atoms with Crippen LogP contribution in [0.4, 0.5) is 10.1 Å². The number of benzene rings is 1. The zero-order chi connectivity index (χ0) is 26.2. The van der Waals surface area contributed by atoms with Gasteiger partial charge in [0.15, 0.2) is 11.4 Å². The molecular weight excluding hydrogens is 485 g/mol. The summed E-state index contributed by atoms with van der Waals surface area (Å²) in [5, 5.41) is 9.25. The van der Waals surface area contributed by atoms with Gasteiger partial charge in [0.25, 0.3) is 0 Å². The average molecular weight is 512 g/mol. The maximum atomic E-state index is 13.7. The number of H-pyrrole nitrogens is 1. The van der Waals surface area contributed by atoms with Crippen LogP contribution in [0.5, 0.6) is 0 Å². The number of rotatable bonds is 4. The summed E-state index contributed by atoms with van der Waals surface area (Å²) in [5.41, 5.74) is 4.71. The topological polar surface area (TPSA) is 104 Å². The van der Waals surface area contributed by atoms with E-state index in [-0.39, 0.29) is 35.9 Å². The van der Waals surface area contributed by atoms with Crippen LogP contribution >= 0.6 is 0 Å². The van der Waals surface area contributed by atoms with Gasteiger partial charge in [-0.1, -0.05) is 17.9 Å². The molecule has 1 atom stereocenters. The quantitative estimate of drug-likeness (QED) is 0.322. The summed E-state index contributed by atoms with van der Waals surface area (Å²) in [5.74, 6) is 4.91. The SMILES string of the molecule is O=C(c1cc(N2CCC(n3c(=O)[nH]c4ncccc43)CC2)c(C#CCO)cn1)C1CCc2cc(F)ccc21. The Hall–Kier alpha value is -4.29. The Labute approximate surface area is 218 Å². The second-order valence-electron chi connectivity index (χ2n) is 9.73. The van der Waals surface area contributed by atoms with Gasteiger partial charge in [0.2, 0.25) is 0 Å². The van der Waals surface area contributed by atoms with Crippen molar-refractivity contribution in [1.29, 1.82) is 0 Å². The van der Waals surface area contributed by atoms with Gasteiger partial charge in [0.05, 0.1) is 16.8 Å². The van der Waals surface area contributed by atoms with E-state index in [4.69, 9.17) is 0 Å². The molecule has 4 heterocycles. The molecule has 8 nitrogen and oxygen atoms in total. The molecule has 3 aromatic heterocycles. The fourth-order valence-corrected chi connectivity index (χ4v) is 5.80. The number of carbonyl (C=O) groups excluding carboxylic acids is 1. The van der Waals surface area contributed by atoms with E-state index in [9.17, 15) is 19.1 Å². The third-order valence-electron chi connectivity index (χ3n) is 7.60. The van der Waals surface area contributed by atoms with Crippen LogP contribution in [0.25, 0.3) is 11.2 Å². The van der Waals surface area contributed by atoms with Crippen LogP contribution in [0.15, 0.2) is 53.6 Å². The zero-order valence-electron chi connectivity index (χ0n) is 20.7. The number of hydrogen-bond acceptors (Lipinski definition) is 6. The summed E-state index contributed by atoms with van der Waals surface area (Å²) in [6.45, 7) is 1.02. The number of Topliss-reactive ketones (excluding diaryl/α,β-unsaturated/α-hetero) is 1. The number of nitrogens with zero attached hydrogens (tertiary/aromatic N) is 4. The molecule has 0 spiro atoms. The normalized spacial score (nSPS) is 17.3. The van der Waals surface area contributed by atoms with E-state index in [0.717, 1.165) is 35.2 Å². The summed E-state index contributed by atoms with van der Waals surface area (Å²) < 4.78 is 15.5. The largest absolute Gasteiger partial charge is 0.384 e. The van der Waals surface area contributed by atoms with Gasteiger partial charge in [-0.15, -0.1) is 0 Å². The lowest BCUT2D eigenvalue weighted by Gasteiger charge is -2.34. The predicted molar refractivity (Wildman–Crippen MR) is 141 cm³/mol. The van der Waals surface area contributed by atoms with Gasteiger partial charge < -0.3 is 10.0 Å². The minimum absolute atomic E-state index is 0.0157. The number of aromatic amines is 1. The van der Waals surface area contributed by atoms with Crippen molar-refractivity contribution < 1.29 is 14.3 Å². The van der Waals surface area contributed by atoms with Crippen molar-refractivity contribution >= 4 is 22.6 Å². The number of carbonyl (C=O) groups is 1. The van der Waals surface area contributed by atoms with Gasteiger partial charge in [0, 0.05) is 37.4 Å². The van der Waals surface area contributed by atoms with E-state index in [1.807, 2.05) is 12.1 Å². The van der Waals surface area contributed by atoms with Crippen molar-refractivity contribution in [2.24, 2.45) is 0 Å². The monoisotopic (exact) mass is 511 g/mol. The number of halogens is 1. The number of aliphatic hydroxyl groups excluding tert-OH is 1. The number of nitrogens with one attached hydrogen (secondary N) is 1. The molecule has 0 saturated carbocycles. The molecule has 4 aromatic rings. The molecule has 2 N–H and O–H groups in total.